The number of likely N-dealkylation sites (N-methyl/N-ethyl adjacent to an activating group) is 1. The molecule has 0 bridgehead atoms. The van der Waals surface area contributed by atoms with Gasteiger partial charge in [0, 0.05) is 25.3 Å². The Labute approximate surface area is 123 Å². The lowest BCUT2D eigenvalue weighted by Gasteiger charge is -2.11. The zero-order valence-corrected chi connectivity index (χ0v) is 12.3. The van der Waals surface area contributed by atoms with E-state index in [1.54, 1.807) is 39.2 Å². The summed E-state index contributed by atoms with van der Waals surface area (Å²) in [5.74, 6) is -0.595. The van der Waals surface area contributed by atoms with E-state index in [9.17, 15) is 14.4 Å². The molecule has 0 saturated heterocycles. The molecule has 0 aliphatic heterocycles. The van der Waals surface area contributed by atoms with E-state index in [-0.39, 0.29) is 19.1 Å². The lowest BCUT2D eigenvalue weighted by molar-refractivity contribution is -0.127. The molecule has 21 heavy (non-hydrogen) atoms. The van der Waals surface area contributed by atoms with Crippen LogP contribution in [0.2, 0.25) is 0 Å². The molecule has 7 nitrogen and oxygen atoms in total. The maximum Gasteiger partial charge on any atom is 0.411 e. The molecule has 1 aromatic carbocycles. The van der Waals surface area contributed by atoms with Crippen LogP contribution in [0.15, 0.2) is 24.3 Å². The van der Waals surface area contributed by atoms with Gasteiger partial charge in [0.2, 0.25) is 5.91 Å². The second-order valence-electron chi connectivity index (χ2n) is 4.40. The Morgan fingerprint density at radius 1 is 1.24 bits per heavy atom. The van der Waals surface area contributed by atoms with Crippen LogP contribution in [0.1, 0.15) is 17.3 Å². The number of anilines is 1. The van der Waals surface area contributed by atoms with E-state index < -0.39 is 12.0 Å². The molecular weight excluding hydrogens is 274 g/mol. The maximum atomic E-state index is 11.9. The number of amides is 3. The first kappa shape index (κ1) is 16.5. The lowest BCUT2D eigenvalue weighted by atomic mass is 10.2. The quantitative estimate of drug-likeness (QED) is 0.850. The Bertz CT molecular complexity index is 529. The number of benzene rings is 1. The molecule has 0 saturated carbocycles. The van der Waals surface area contributed by atoms with Gasteiger partial charge in [0.1, 0.15) is 0 Å². The fourth-order valence-corrected chi connectivity index (χ4v) is 1.44. The predicted molar refractivity (Wildman–Crippen MR) is 78.1 cm³/mol. The third-order valence-corrected chi connectivity index (χ3v) is 2.55. The monoisotopic (exact) mass is 293 g/mol. The Balaban J connectivity index is 2.64. The average molecular weight is 293 g/mol. The molecule has 0 fully saturated rings. The number of rotatable bonds is 5. The van der Waals surface area contributed by atoms with E-state index in [1.807, 2.05) is 0 Å². The minimum absolute atomic E-state index is 0.0820. The Morgan fingerprint density at radius 3 is 2.57 bits per heavy atom. The van der Waals surface area contributed by atoms with Crippen LogP contribution in [0.5, 0.6) is 0 Å². The normalized spacial score (nSPS) is 9.67. The number of nitrogens with zero attached hydrogens (tertiary/aromatic N) is 1. The molecule has 0 aliphatic carbocycles. The molecule has 7 heteroatoms. The Kier molecular flexibility index (Phi) is 6.19. The molecule has 1 rings (SSSR count). The van der Waals surface area contributed by atoms with E-state index in [0.717, 1.165) is 0 Å². The van der Waals surface area contributed by atoms with E-state index in [1.165, 1.54) is 11.0 Å². The summed E-state index contributed by atoms with van der Waals surface area (Å²) in [5.41, 5.74) is 0.788. The molecule has 0 radical (unpaired) electrons. The fraction of sp³-hybridized carbons (Fsp3) is 0.357. The smallest absolute Gasteiger partial charge is 0.411 e. The van der Waals surface area contributed by atoms with Crippen molar-refractivity contribution in [3.8, 4) is 0 Å². The molecule has 3 amide bonds. The van der Waals surface area contributed by atoms with Gasteiger partial charge in [-0.25, -0.2) is 4.79 Å². The van der Waals surface area contributed by atoms with Crippen molar-refractivity contribution >= 4 is 23.6 Å². The minimum Gasteiger partial charge on any atom is -0.450 e. The van der Waals surface area contributed by atoms with E-state index >= 15 is 0 Å². The number of carbonyl (C=O) groups is 3. The highest BCUT2D eigenvalue weighted by Crippen LogP contribution is 2.11. The van der Waals surface area contributed by atoms with Crippen LogP contribution in [-0.2, 0) is 9.53 Å². The molecule has 0 aliphatic rings. The van der Waals surface area contributed by atoms with E-state index in [2.05, 4.69) is 10.6 Å². The van der Waals surface area contributed by atoms with Crippen molar-refractivity contribution < 1.29 is 19.1 Å². The molecule has 0 spiro atoms. The van der Waals surface area contributed by atoms with Crippen molar-refractivity contribution in [2.45, 2.75) is 6.92 Å². The van der Waals surface area contributed by atoms with Crippen molar-refractivity contribution in [1.82, 2.24) is 10.2 Å². The van der Waals surface area contributed by atoms with Gasteiger partial charge in [-0.3, -0.25) is 14.9 Å². The van der Waals surface area contributed by atoms with E-state index in [0.29, 0.717) is 11.3 Å². The van der Waals surface area contributed by atoms with Crippen LogP contribution in [0.3, 0.4) is 0 Å². The summed E-state index contributed by atoms with van der Waals surface area (Å²) in [7, 11) is 3.22. The van der Waals surface area contributed by atoms with Gasteiger partial charge in [0.15, 0.2) is 0 Å². The Morgan fingerprint density at radius 2 is 1.95 bits per heavy atom. The zero-order chi connectivity index (χ0) is 15.8. The predicted octanol–water partition coefficient (Wildman–Crippen LogP) is 1.07. The summed E-state index contributed by atoms with van der Waals surface area (Å²) in [6.07, 6.45) is -0.585. The zero-order valence-electron chi connectivity index (χ0n) is 12.3. The lowest BCUT2D eigenvalue weighted by Crippen LogP contribution is -2.36. The van der Waals surface area contributed by atoms with Crippen molar-refractivity contribution in [1.29, 1.82) is 0 Å². The molecule has 0 atom stereocenters. The van der Waals surface area contributed by atoms with Crippen LogP contribution in [0, 0.1) is 0 Å². The largest absolute Gasteiger partial charge is 0.450 e. The fourth-order valence-electron chi connectivity index (χ4n) is 1.44. The van der Waals surface area contributed by atoms with Crippen molar-refractivity contribution in [3.05, 3.63) is 29.8 Å². The van der Waals surface area contributed by atoms with Crippen LogP contribution in [0.4, 0.5) is 10.5 Å². The van der Waals surface area contributed by atoms with Gasteiger partial charge in [0.25, 0.3) is 5.91 Å². The summed E-state index contributed by atoms with van der Waals surface area (Å²) in [4.78, 5) is 36.0. The van der Waals surface area contributed by atoms with Crippen LogP contribution < -0.4 is 10.6 Å². The molecule has 0 unspecified atom stereocenters. The first-order chi connectivity index (χ1) is 9.93. The Hall–Kier alpha value is -2.57. The summed E-state index contributed by atoms with van der Waals surface area (Å²) in [6, 6.07) is 6.36. The van der Waals surface area contributed by atoms with Crippen LogP contribution in [0.25, 0.3) is 0 Å². The minimum atomic E-state index is -0.585. The second-order valence-corrected chi connectivity index (χ2v) is 4.40. The van der Waals surface area contributed by atoms with Crippen LogP contribution >= 0.6 is 0 Å². The van der Waals surface area contributed by atoms with Gasteiger partial charge in [-0.2, -0.15) is 0 Å². The summed E-state index contributed by atoms with van der Waals surface area (Å²) < 4.78 is 4.75. The van der Waals surface area contributed by atoms with Gasteiger partial charge in [-0.05, 0) is 25.1 Å². The SMILES string of the molecule is CCOC(=O)Nc1cccc(C(=O)NCC(=O)N(C)C)c1. The molecular formula is C14H19N3O4. The first-order valence-electron chi connectivity index (χ1n) is 6.46. The summed E-state index contributed by atoms with van der Waals surface area (Å²) >= 11 is 0. The van der Waals surface area contributed by atoms with Crippen molar-refractivity contribution in [2.24, 2.45) is 0 Å². The van der Waals surface area contributed by atoms with Gasteiger partial charge in [-0.1, -0.05) is 6.07 Å². The van der Waals surface area contributed by atoms with E-state index in [4.69, 9.17) is 4.74 Å². The molecule has 1 aromatic rings. The first-order valence-corrected chi connectivity index (χ1v) is 6.46. The molecule has 0 aromatic heterocycles. The number of nitrogens with one attached hydrogen (secondary N) is 2. The number of hydrogen-bond acceptors (Lipinski definition) is 4. The average Bonchev–Trinajstić information content (AvgIpc) is 2.44. The van der Waals surface area contributed by atoms with Gasteiger partial charge in [-0.15, -0.1) is 0 Å². The molecule has 0 heterocycles. The third-order valence-electron chi connectivity index (χ3n) is 2.55. The highest BCUT2D eigenvalue weighted by atomic mass is 16.5. The second kappa shape index (κ2) is 7.88. The van der Waals surface area contributed by atoms with Crippen LogP contribution in [-0.4, -0.2) is 50.1 Å². The molecule has 2 N–H and O–H groups in total. The number of ether oxygens (including phenoxy) is 1. The van der Waals surface area contributed by atoms with Gasteiger partial charge >= 0.3 is 6.09 Å². The topological polar surface area (TPSA) is 87.7 Å². The molecule has 114 valence electrons. The third kappa shape index (κ3) is 5.52. The maximum absolute atomic E-state index is 11.9. The standard InChI is InChI=1S/C14H19N3O4/c1-4-21-14(20)16-11-7-5-6-10(8-11)13(19)15-9-12(18)17(2)3/h5-8H,4,9H2,1-3H3,(H,15,19)(H,16,20). The van der Waals surface area contributed by atoms with Gasteiger partial charge in [0.05, 0.1) is 13.2 Å². The summed E-state index contributed by atoms with van der Waals surface area (Å²) in [6.45, 7) is 1.88. The van der Waals surface area contributed by atoms with Crippen molar-refractivity contribution in [2.75, 3.05) is 32.6 Å². The van der Waals surface area contributed by atoms with Gasteiger partial charge < -0.3 is 15.0 Å². The number of hydrogen-bond donors (Lipinski definition) is 2. The highest BCUT2D eigenvalue weighted by Gasteiger charge is 2.10. The van der Waals surface area contributed by atoms with Crippen molar-refractivity contribution in [3.63, 3.8) is 0 Å². The number of carbonyl (C=O) groups excluding carboxylic acids is 3. The highest BCUT2D eigenvalue weighted by molar-refractivity contribution is 5.98. The summed E-state index contributed by atoms with van der Waals surface area (Å²) in [5, 5.41) is 5.02.